The number of hydrogen-bond donors (Lipinski definition) is 1. The molecule has 0 bridgehead atoms. The summed E-state index contributed by atoms with van der Waals surface area (Å²) < 4.78 is 5.64. The average Bonchev–Trinajstić information content (AvgIpc) is 2.35. The van der Waals surface area contributed by atoms with E-state index in [4.69, 9.17) is 9.84 Å². The smallest absolute Gasteiger partial charge is 0.358 e. The highest BCUT2D eigenvalue weighted by Gasteiger charge is 2.13. The predicted octanol–water partition coefficient (Wildman–Crippen LogP) is 3.19. The fourth-order valence-electron chi connectivity index (χ4n) is 1.59. The monoisotopic (exact) mass is 243 g/mol. The maximum absolute atomic E-state index is 11.0. The molecule has 0 atom stereocenters. The van der Waals surface area contributed by atoms with Crippen LogP contribution in [0, 0.1) is 13.8 Å². The Balaban J connectivity index is 2.40. The van der Waals surface area contributed by atoms with E-state index in [-0.39, 0.29) is 11.4 Å². The van der Waals surface area contributed by atoms with E-state index in [1.54, 1.807) is 18.2 Å². The van der Waals surface area contributed by atoms with Gasteiger partial charge in [-0.15, -0.1) is 0 Å². The van der Waals surface area contributed by atoms with Crippen molar-refractivity contribution in [2.75, 3.05) is 0 Å². The van der Waals surface area contributed by atoms with Gasteiger partial charge in [0.15, 0.2) is 11.4 Å². The van der Waals surface area contributed by atoms with Gasteiger partial charge in [-0.2, -0.15) is 0 Å². The van der Waals surface area contributed by atoms with Gasteiger partial charge in [-0.05, 0) is 43.2 Å². The van der Waals surface area contributed by atoms with Crippen molar-refractivity contribution < 1.29 is 14.6 Å². The van der Waals surface area contributed by atoms with E-state index in [9.17, 15) is 4.79 Å². The van der Waals surface area contributed by atoms with E-state index in [1.807, 2.05) is 26.0 Å². The lowest BCUT2D eigenvalue weighted by atomic mass is 10.1. The van der Waals surface area contributed by atoms with Crippen LogP contribution in [0.25, 0.3) is 0 Å². The Kier molecular flexibility index (Phi) is 3.28. The van der Waals surface area contributed by atoms with Crippen molar-refractivity contribution >= 4 is 5.97 Å². The molecule has 2 aromatic rings. The average molecular weight is 243 g/mol. The highest BCUT2D eigenvalue weighted by Crippen LogP contribution is 2.28. The molecular formula is C14H13NO3. The van der Waals surface area contributed by atoms with Gasteiger partial charge in [-0.1, -0.05) is 12.1 Å². The molecule has 1 aromatic heterocycles. The lowest BCUT2D eigenvalue weighted by Crippen LogP contribution is -2.03. The van der Waals surface area contributed by atoms with Crippen LogP contribution >= 0.6 is 0 Å². The fourth-order valence-corrected chi connectivity index (χ4v) is 1.59. The maximum atomic E-state index is 11.0. The van der Waals surface area contributed by atoms with E-state index in [2.05, 4.69) is 4.98 Å². The lowest BCUT2D eigenvalue weighted by Gasteiger charge is -2.11. The van der Waals surface area contributed by atoms with Gasteiger partial charge >= 0.3 is 5.97 Å². The maximum Gasteiger partial charge on any atom is 0.358 e. The third-order valence-electron chi connectivity index (χ3n) is 2.75. The van der Waals surface area contributed by atoms with Crippen molar-refractivity contribution in [1.82, 2.24) is 4.98 Å². The molecule has 0 unspecified atom stereocenters. The molecule has 0 aliphatic rings. The summed E-state index contributed by atoms with van der Waals surface area (Å²) >= 11 is 0. The third kappa shape index (κ3) is 2.32. The summed E-state index contributed by atoms with van der Waals surface area (Å²) in [6.07, 6.45) is 1.43. The second-order valence-corrected chi connectivity index (χ2v) is 3.96. The Hall–Kier alpha value is -2.36. The number of rotatable bonds is 3. The molecule has 0 amide bonds. The van der Waals surface area contributed by atoms with E-state index >= 15 is 0 Å². The normalized spacial score (nSPS) is 10.1. The molecule has 4 heteroatoms. The first-order valence-corrected chi connectivity index (χ1v) is 5.52. The Labute approximate surface area is 105 Å². The van der Waals surface area contributed by atoms with Crippen LogP contribution in [0.15, 0.2) is 36.5 Å². The van der Waals surface area contributed by atoms with Crippen LogP contribution in [-0.4, -0.2) is 16.1 Å². The quantitative estimate of drug-likeness (QED) is 0.899. The van der Waals surface area contributed by atoms with Crippen molar-refractivity contribution in [3.05, 3.63) is 53.3 Å². The number of ether oxygens (including phenoxy) is 1. The number of carboxylic acid groups (broad SMARTS) is 1. The van der Waals surface area contributed by atoms with Crippen molar-refractivity contribution in [2.45, 2.75) is 13.8 Å². The minimum absolute atomic E-state index is 0.0848. The summed E-state index contributed by atoms with van der Waals surface area (Å²) in [5, 5.41) is 9.03. The molecule has 92 valence electrons. The molecule has 2 rings (SSSR count). The lowest BCUT2D eigenvalue weighted by molar-refractivity contribution is 0.0687. The summed E-state index contributed by atoms with van der Waals surface area (Å²) in [6, 6.07) is 8.89. The number of carbonyl (C=O) groups is 1. The minimum Gasteiger partial charge on any atom is -0.476 e. The molecule has 0 saturated heterocycles. The number of nitrogens with zero attached hydrogens (tertiary/aromatic N) is 1. The van der Waals surface area contributed by atoms with Gasteiger partial charge in [0.25, 0.3) is 0 Å². The van der Waals surface area contributed by atoms with Gasteiger partial charge in [0.05, 0.1) is 0 Å². The van der Waals surface area contributed by atoms with Gasteiger partial charge in [0.2, 0.25) is 0 Å². The van der Waals surface area contributed by atoms with E-state index in [1.165, 1.54) is 6.20 Å². The Bertz CT molecular complexity index is 593. The van der Waals surface area contributed by atoms with E-state index < -0.39 is 5.97 Å². The molecule has 1 aromatic carbocycles. The van der Waals surface area contributed by atoms with E-state index in [0.29, 0.717) is 5.75 Å². The molecule has 0 aliphatic heterocycles. The first kappa shape index (κ1) is 12.1. The number of hydrogen-bond acceptors (Lipinski definition) is 3. The molecule has 0 saturated carbocycles. The zero-order valence-corrected chi connectivity index (χ0v) is 10.2. The van der Waals surface area contributed by atoms with Crippen molar-refractivity contribution in [3.8, 4) is 11.5 Å². The molecule has 1 heterocycles. The topological polar surface area (TPSA) is 59.4 Å². The number of aryl methyl sites for hydroxylation is 1. The zero-order chi connectivity index (χ0) is 13.1. The highest BCUT2D eigenvalue weighted by molar-refractivity contribution is 5.88. The SMILES string of the molecule is Cc1cccc(Oc2cccnc2C(=O)O)c1C. The Morgan fingerprint density at radius 1 is 1.17 bits per heavy atom. The zero-order valence-electron chi connectivity index (χ0n) is 10.2. The molecule has 0 spiro atoms. The van der Waals surface area contributed by atoms with Crippen LogP contribution < -0.4 is 4.74 Å². The van der Waals surface area contributed by atoms with Crippen LogP contribution in [0.1, 0.15) is 21.6 Å². The molecule has 1 N–H and O–H groups in total. The number of benzene rings is 1. The van der Waals surface area contributed by atoms with Crippen LogP contribution in [0.3, 0.4) is 0 Å². The molecule has 4 nitrogen and oxygen atoms in total. The second-order valence-electron chi connectivity index (χ2n) is 3.96. The summed E-state index contributed by atoms with van der Waals surface area (Å²) in [7, 11) is 0. The number of pyridine rings is 1. The highest BCUT2D eigenvalue weighted by atomic mass is 16.5. The van der Waals surface area contributed by atoms with Gasteiger partial charge in [0, 0.05) is 6.20 Å². The standard InChI is InChI=1S/C14H13NO3/c1-9-5-3-6-11(10(9)2)18-12-7-4-8-15-13(12)14(16)17/h3-8H,1-2H3,(H,16,17). The van der Waals surface area contributed by atoms with Gasteiger partial charge in [0.1, 0.15) is 5.75 Å². The molecule has 0 fully saturated rings. The summed E-state index contributed by atoms with van der Waals surface area (Å²) in [4.78, 5) is 14.8. The van der Waals surface area contributed by atoms with E-state index in [0.717, 1.165) is 11.1 Å². The first-order chi connectivity index (χ1) is 8.59. The summed E-state index contributed by atoms with van der Waals surface area (Å²) in [6.45, 7) is 3.91. The van der Waals surface area contributed by atoms with Crippen LogP contribution in [0.4, 0.5) is 0 Å². The van der Waals surface area contributed by atoms with Gasteiger partial charge < -0.3 is 9.84 Å². The fraction of sp³-hybridized carbons (Fsp3) is 0.143. The summed E-state index contributed by atoms with van der Waals surface area (Å²) in [5.41, 5.74) is 1.99. The third-order valence-corrected chi connectivity index (χ3v) is 2.75. The first-order valence-electron chi connectivity index (χ1n) is 5.52. The Morgan fingerprint density at radius 2 is 1.89 bits per heavy atom. The van der Waals surface area contributed by atoms with Crippen molar-refractivity contribution in [1.29, 1.82) is 0 Å². The minimum atomic E-state index is -1.10. The second kappa shape index (κ2) is 4.87. The Morgan fingerprint density at radius 3 is 2.61 bits per heavy atom. The van der Waals surface area contributed by atoms with Crippen LogP contribution in [0.2, 0.25) is 0 Å². The molecular weight excluding hydrogens is 230 g/mol. The van der Waals surface area contributed by atoms with Gasteiger partial charge in [-0.3, -0.25) is 0 Å². The number of carboxylic acids is 1. The van der Waals surface area contributed by atoms with Crippen LogP contribution in [-0.2, 0) is 0 Å². The number of aromatic carboxylic acids is 1. The molecule has 0 aliphatic carbocycles. The molecule has 0 radical (unpaired) electrons. The van der Waals surface area contributed by atoms with Crippen LogP contribution in [0.5, 0.6) is 11.5 Å². The van der Waals surface area contributed by atoms with Gasteiger partial charge in [-0.25, -0.2) is 9.78 Å². The number of aromatic nitrogens is 1. The largest absolute Gasteiger partial charge is 0.476 e. The van der Waals surface area contributed by atoms with Crippen molar-refractivity contribution in [3.63, 3.8) is 0 Å². The van der Waals surface area contributed by atoms with Crippen molar-refractivity contribution in [2.24, 2.45) is 0 Å². The predicted molar refractivity (Wildman–Crippen MR) is 67.2 cm³/mol. The summed E-state index contributed by atoms with van der Waals surface area (Å²) in [5.74, 6) is -0.208. The molecule has 18 heavy (non-hydrogen) atoms.